The van der Waals surface area contributed by atoms with Gasteiger partial charge in [-0.25, -0.2) is 0 Å². The topological polar surface area (TPSA) is 35.6 Å². The van der Waals surface area contributed by atoms with Crippen molar-refractivity contribution in [2.45, 2.75) is 57.5 Å². The summed E-state index contributed by atoms with van der Waals surface area (Å²) in [6, 6.07) is 1.14. The van der Waals surface area contributed by atoms with Crippen molar-refractivity contribution in [3.63, 3.8) is 0 Å². The maximum Gasteiger partial charge on any atom is 0.236 e. The highest BCUT2D eigenvalue weighted by Crippen LogP contribution is 2.15. The average Bonchev–Trinajstić information content (AvgIpc) is 2.69. The second-order valence-electron chi connectivity index (χ2n) is 6.23. The maximum absolute atomic E-state index is 12.2. The quantitative estimate of drug-likeness (QED) is 0.841. The van der Waals surface area contributed by atoms with Crippen molar-refractivity contribution >= 4 is 5.91 Å². The maximum atomic E-state index is 12.2. The summed E-state index contributed by atoms with van der Waals surface area (Å²) in [6.45, 7) is 5.86. The van der Waals surface area contributed by atoms with E-state index in [0.29, 0.717) is 24.5 Å². The summed E-state index contributed by atoms with van der Waals surface area (Å²) in [6.07, 6.45) is 7.24. The van der Waals surface area contributed by atoms with Crippen molar-refractivity contribution < 1.29 is 4.79 Å². The molecule has 1 amide bonds. The lowest BCUT2D eigenvalue weighted by atomic mass is 9.99. The van der Waals surface area contributed by atoms with E-state index in [1.54, 1.807) is 0 Å². The number of carbonyl (C=O) groups is 1. The van der Waals surface area contributed by atoms with E-state index in [-0.39, 0.29) is 0 Å². The number of nitrogens with one attached hydrogen (secondary N) is 1. The third-order valence-electron chi connectivity index (χ3n) is 4.71. The molecule has 2 saturated heterocycles. The summed E-state index contributed by atoms with van der Waals surface area (Å²) in [5, 5.41) is 3.47. The van der Waals surface area contributed by atoms with E-state index < -0.39 is 0 Å². The molecule has 4 heteroatoms. The number of carbonyl (C=O) groups excluding carboxylic acids is 1. The molecule has 2 aliphatic heterocycles. The van der Waals surface area contributed by atoms with Crippen molar-refractivity contribution in [2.75, 3.05) is 33.2 Å². The highest BCUT2D eigenvalue weighted by atomic mass is 16.2. The predicted molar refractivity (Wildman–Crippen MR) is 78.2 cm³/mol. The summed E-state index contributed by atoms with van der Waals surface area (Å²) in [5.74, 6) is 0.300. The van der Waals surface area contributed by atoms with Gasteiger partial charge in [-0.1, -0.05) is 12.8 Å². The Morgan fingerprint density at radius 1 is 1.16 bits per heavy atom. The Morgan fingerprint density at radius 2 is 1.84 bits per heavy atom. The Bertz CT molecular complexity index is 287. The van der Waals surface area contributed by atoms with E-state index in [4.69, 9.17) is 0 Å². The fraction of sp³-hybridized carbons (Fsp3) is 0.933. The van der Waals surface area contributed by atoms with Gasteiger partial charge >= 0.3 is 0 Å². The van der Waals surface area contributed by atoms with Crippen molar-refractivity contribution in [3.8, 4) is 0 Å². The van der Waals surface area contributed by atoms with E-state index in [1.807, 2.05) is 0 Å². The minimum absolute atomic E-state index is 0.300. The van der Waals surface area contributed by atoms with E-state index in [0.717, 1.165) is 32.5 Å². The first-order valence-corrected chi connectivity index (χ1v) is 7.88. The van der Waals surface area contributed by atoms with Crippen molar-refractivity contribution in [2.24, 2.45) is 0 Å². The first-order chi connectivity index (χ1) is 9.16. The smallest absolute Gasteiger partial charge is 0.236 e. The van der Waals surface area contributed by atoms with Crippen LogP contribution in [0.25, 0.3) is 0 Å². The summed E-state index contributed by atoms with van der Waals surface area (Å²) >= 11 is 0. The van der Waals surface area contributed by atoms with Crippen molar-refractivity contribution in [3.05, 3.63) is 0 Å². The van der Waals surface area contributed by atoms with E-state index >= 15 is 0 Å². The Labute approximate surface area is 117 Å². The largest absolute Gasteiger partial charge is 0.342 e. The van der Waals surface area contributed by atoms with Crippen LogP contribution in [0.3, 0.4) is 0 Å². The highest BCUT2D eigenvalue weighted by Gasteiger charge is 2.23. The molecule has 0 aromatic carbocycles. The Balaban J connectivity index is 1.71. The minimum atomic E-state index is 0.300. The van der Waals surface area contributed by atoms with Crippen molar-refractivity contribution in [1.29, 1.82) is 0 Å². The van der Waals surface area contributed by atoms with Gasteiger partial charge < -0.3 is 15.1 Å². The number of hydrogen-bond donors (Lipinski definition) is 1. The van der Waals surface area contributed by atoms with Gasteiger partial charge in [0.25, 0.3) is 0 Å². The SMILES string of the molecule is CC1CC(NCC(=O)N2CCCCCC2)CCN1C. The fourth-order valence-electron chi connectivity index (χ4n) is 3.14. The second-order valence-corrected chi connectivity index (χ2v) is 6.23. The molecular formula is C15H29N3O. The molecule has 0 radical (unpaired) electrons. The van der Waals surface area contributed by atoms with Crippen molar-refractivity contribution in [1.82, 2.24) is 15.1 Å². The highest BCUT2D eigenvalue weighted by molar-refractivity contribution is 5.78. The zero-order chi connectivity index (χ0) is 13.7. The van der Waals surface area contributed by atoms with Crippen LogP contribution in [-0.2, 0) is 4.79 Å². The second kappa shape index (κ2) is 7.25. The Morgan fingerprint density at radius 3 is 2.47 bits per heavy atom. The molecule has 0 aromatic heterocycles. The molecule has 0 saturated carbocycles. The monoisotopic (exact) mass is 267 g/mol. The first kappa shape index (κ1) is 14.8. The zero-order valence-electron chi connectivity index (χ0n) is 12.5. The molecule has 2 atom stereocenters. The van der Waals surface area contributed by atoms with Crippen LogP contribution in [0, 0.1) is 0 Å². The molecular weight excluding hydrogens is 238 g/mol. The van der Waals surface area contributed by atoms with Gasteiger partial charge in [0.05, 0.1) is 6.54 Å². The summed E-state index contributed by atoms with van der Waals surface area (Å²) in [7, 11) is 2.18. The van der Waals surface area contributed by atoms with Gasteiger partial charge in [0.15, 0.2) is 0 Å². The Hall–Kier alpha value is -0.610. The molecule has 0 bridgehead atoms. The number of hydrogen-bond acceptors (Lipinski definition) is 3. The zero-order valence-corrected chi connectivity index (χ0v) is 12.5. The lowest BCUT2D eigenvalue weighted by Crippen LogP contribution is -2.48. The minimum Gasteiger partial charge on any atom is -0.342 e. The van der Waals surface area contributed by atoms with Gasteiger partial charge in [0.2, 0.25) is 5.91 Å². The molecule has 19 heavy (non-hydrogen) atoms. The van der Waals surface area contributed by atoms with Crippen LogP contribution in [0.5, 0.6) is 0 Å². The molecule has 1 N–H and O–H groups in total. The van der Waals surface area contributed by atoms with Crippen LogP contribution in [0.15, 0.2) is 0 Å². The molecule has 110 valence electrons. The molecule has 2 unspecified atom stereocenters. The van der Waals surface area contributed by atoms with Gasteiger partial charge in [-0.3, -0.25) is 4.79 Å². The molecule has 2 fully saturated rings. The lowest BCUT2D eigenvalue weighted by Gasteiger charge is -2.35. The molecule has 0 aromatic rings. The summed E-state index contributed by atoms with van der Waals surface area (Å²) in [4.78, 5) is 16.6. The van der Waals surface area contributed by atoms with Crippen LogP contribution in [0.4, 0.5) is 0 Å². The molecule has 0 spiro atoms. The van der Waals surface area contributed by atoms with Crippen LogP contribution >= 0.6 is 0 Å². The predicted octanol–water partition coefficient (Wildman–Crippen LogP) is 1.46. The Kier molecular flexibility index (Phi) is 5.64. The van der Waals surface area contributed by atoms with E-state index in [1.165, 1.54) is 25.7 Å². The van der Waals surface area contributed by atoms with Crippen LogP contribution in [0.2, 0.25) is 0 Å². The molecule has 4 nitrogen and oxygen atoms in total. The third-order valence-corrected chi connectivity index (χ3v) is 4.71. The fourth-order valence-corrected chi connectivity index (χ4v) is 3.14. The van der Waals surface area contributed by atoms with E-state index in [9.17, 15) is 4.79 Å². The van der Waals surface area contributed by atoms with Crippen LogP contribution in [0.1, 0.15) is 45.4 Å². The number of amides is 1. The standard InChI is InChI=1S/C15H29N3O/c1-13-11-14(7-10-17(13)2)16-12-15(19)18-8-5-3-4-6-9-18/h13-14,16H,3-12H2,1-2H3. The van der Waals surface area contributed by atoms with Gasteiger partial charge in [0, 0.05) is 25.2 Å². The normalized spacial score (nSPS) is 30.1. The van der Waals surface area contributed by atoms with Gasteiger partial charge in [-0.05, 0) is 46.2 Å². The number of nitrogens with zero attached hydrogens (tertiary/aromatic N) is 2. The van der Waals surface area contributed by atoms with Gasteiger partial charge in [0.1, 0.15) is 0 Å². The molecule has 0 aliphatic carbocycles. The third kappa shape index (κ3) is 4.46. The molecule has 2 aliphatic rings. The lowest BCUT2D eigenvalue weighted by molar-refractivity contribution is -0.130. The van der Waals surface area contributed by atoms with Gasteiger partial charge in [-0.15, -0.1) is 0 Å². The average molecular weight is 267 g/mol. The first-order valence-electron chi connectivity index (χ1n) is 7.88. The van der Waals surface area contributed by atoms with E-state index in [2.05, 4.69) is 29.1 Å². The molecule has 2 heterocycles. The number of likely N-dealkylation sites (tertiary alicyclic amines) is 2. The summed E-state index contributed by atoms with van der Waals surface area (Å²) in [5.41, 5.74) is 0. The number of rotatable bonds is 3. The summed E-state index contributed by atoms with van der Waals surface area (Å²) < 4.78 is 0. The number of piperidine rings is 1. The van der Waals surface area contributed by atoms with Gasteiger partial charge in [-0.2, -0.15) is 0 Å². The molecule has 2 rings (SSSR count). The van der Waals surface area contributed by atoms with Crippen LogP contribution in [-0.4, -0.2) is 61.0 Å². The van der Waals surface area contributed by atoms with Crippen LogP contribution < -0.4 is 5.32 Å².